The Hall–Kier alpha value is -2.06. The molecule has 1 heterocycles. The third kappa shape index (κ3) is 2.23. The molecule has 0 aliphatic heterocycles. The highest BCUT2D eigenvalue weighted by Crippen LogP contribution is 2.21. The van der Waals surface area contributed by atoms with Crippen molar-refractivity contribution in [1.82, 2.24) is 4.57 Å². The lowest BCUT2D eigenvalue weighted by Crippen LogP contribution is -2.00. The standard InChI is InChI=1S/C18H20N2/c1-13-6-7-15(10-14(13)2)12-20-9-8-17-16(11-19)4-3-5-18(17)20/h3-10H,11-12,19H2,1-2H3. The summed E-state index contributed by atoms with van der Waals surface area (Å²) in [6.45, 7) is 5.81. The molecule has 2 heteroatoms. The van der Waals surface area contributed by atoms with Crippen molar-refractivity contribution in [3.63, 3.8) is 0 Å². The van der Waals surface area contributed by atoms with Crippen LogP contribution in [-0.4, -0.2) is 4.57 Å². The first-order valence-electron chi connectivity index (χ1n) is 7.02. The molecule has 0 saturated carbocycles. The van der Waals surface area contributed by atoms with Crippen LogP contribution in [0, 0.1) is 13.8 Å². The molecule has 0 aliphatic rings. The molecule has 0 radical (unpaired) electrons. The van der Waals surface area contributed by atoms with Crippen molar-refractivity contribution in [3.8, 4) is 0 Å². The zero-order valence-corrected chi connectivity index (χ0v) is 12.1. The third-order valence-electron chi connectivity index (χ3n) is 4.05. The summed E-state index contributed by atoms with van der Waals surface area (Å²) in [5.74, 6) is 0. The number of hydrogen-bond acceptors (Lipinski definition) is 1. The van der Waals surface area contributed by atoms with Crippen LogP contribution in [0.2, 0.25) is 0 Å². The molecule has 3 rings (SSSR count). The molecule has 102 valence electrons. The molecule has 2 N–H and O–H groups in total. The van der Waals surface area contributed by atoms with Gasteiger partial charge in [-0.05, 0) is 48.2 Å². The fourth-order valence-corrected chi connectivity index (χ4v) is 2.70. The van der Waals surface area contributed by atoms with Crippen LogP contribution < -0.4 is 5.73 Å². The summed E-state index contributed by atoms with van der Waals surface area (Å²) in [7, 11) is 0. The molecule has 0 aliphatic carbocycles. The molecule has 0 atom stereocenters. The number of aromatic nitrogens is 1. The third-order valence-corrected chi connectivity index (χ3v) is 4.05. The normalized spacial score (nSPS) is 11.2. The average molecular weight is 264 g/mol. The van der Waals surface area contributed by atoms with Gasteiger partial charge in [0.2, 0.25) is 0 Å². The lowest BCUT2D eigenvalue weighted by Gasteiger charge is -2.09. The second-order valence-electron chi connectivity index (χ2n) is 5.42. The van der Waals surface area contributed by atoms with Gasteiger partial charge in [0.25, 0.3) is 0 Å². The maximum Gasteiger partial charge on any atom is 0.0486 e. The molecular weight excluding hydrogens is 244 g/mol. The van der Waals surface area contributed by atoms with E-state index in [4.69, 9.17) is 5.73 Å². The van der Waals surface area contributed by atoms with Crippen LogP contribution >= 0.6 is 0 Å². The second kappa shape index (κ2) is 5.14. The van der Waals surface area contributed by atoms with Crippen LogP contribution in [-0.2, 0) is 13.1 Å². The van der Waals surface area contributed by atoms with E-state index in [0.717, 1.165) is 6.54 Å². The monoisotopic (exact) mass is 264 g/mol. The molecule has 0 spiro atoms. The number of nitrogens with zero attached hydrogens (tertiary/aromatic N) is 1. The lowest BCUT2D eigenvalue weighted by molar-refractivity contribution is 0.835. The summed E-state index contributed by atoms with van der Waals surface area (Å²) in [5.41, 5.74) is 12.3. The molecule has 0 amide bonds. The predicted octanol–water partition coefficient (Wildman–Crippen LogP) is 3.77. The minimum Gasteiger partial charge on any atom is -0.343 e. The fraction of sp³-hybridized carbons (Fsp3) is 0.222. The van der Waals surface area contributed by atoms with Gasteiger partial charge in [0.05, 0.1) is 0 Å². The van der Waals surface area contributed by atoms with Gasteiger partial charge in [-0.15, -0.1) is 0 Å². The zero-order chi connectivity index (χ0) is 14.1. The Morgan fingerprint density at radius 1 is 1.00 bits per heavy atom. The van der Waals surface area contributed by atoms with Crippen LogP contribution in [0.4, 0.5) is 0 Å². The van der Waals surface area contributed by atoms with Crippen LogP contribution in [0.5, 0.6) is 0 Å². The van der Waals surface area contributed by atoms with E-state index in [1.54, 1.807) is 0 Å². The van der Waals surface area contributed by atoms with E-state index in [2.05, 4.69) is 67.1 Å². The summed E-state index contributed by atoms with van der Waals surface area (Å²) < 4.78 is 2.29. The molecule has 2 aromatic carbocycles. The van der Waals surface area contributed by atoms with Gasteiger partial charge in [0.1, 0.15) is 0 Å². The van der Waals surface area contributed by atoms with E-state index in [1.807, 2.05) is 0 Å². The van der Waals surface area contributed by atoms with E-state index in [9.17, 15) is 0 Å². The molecule has 0 bridgehead atoms. The Bertz CT molecular complexity index is 753. The molecule has 3 aromatic rings. The maximum absolute atomic E-state index is 5.80. The highest BCUT2D eigenvalue weighted by Gasteiger charge is 2.05. The predicted molar refractivity (Wildman–Crippen MR) is 84.8 cm³/mol. The first kappa shape index (κ1) is 12.9. The van der Waals surface area contributed by atoms with Gasteiger partial charge in [-0.2, -0.15) is 0 Å². The Kier molecular flexibility index (Phi) is 3.33. The molecule has 0 unspecified atom stereocenters. The molecular formula is C18H20N2. The summed E-state index contributed by atoms with van der Waals surface area (Å²) in [6.07, 6.45) is 2.15. The summed E-state index contributed by atoms with van der Waals surface area (Å²) in [5, 5.41) is 1.26. The van der Waals surface area contributed by atoms with Crippen LogP contribution in [0.3, 0.4) is 0 Å². The van der Waals surface area contributed by atoms with Crippen molar-refractivity contribution in [3.05, 3.63) is 70.9 Å². The Morgan fingerprint density at radius 2 is 1.85 bits per heavy atom. The van der Waals surface area contributed by atoms with Crippen molar-refractivity contribution in [1.29, 1.82) is 0 Å². The van der Waals surface area contributed by atoms with Crippen molar-refractivity contribution >= 4 is 10.9 Å². The summed E-state index contributed by atoms with van der Waals surface area (Å²) >= 11 is 0. The second-order valence-corrected chi connectivity index (χ2v) is 5.42. The molecule has 2 nitrogen and oxygen atoms in total. The zero-order valence-electron chi connectivity index (χ0n) is 12.1. The van der Waals surface area contributed by atoms with E-state index >= 15 is 0 Å². The van der Waals surface area contributed by atoms with Crippen molar-refractivity contribution in [2.75, 3.05) is 0 Å². The van der Waals surface area contributed by atoms with Crippen LogP contribution in [0.1, 0.15) is 22.3 Å². The van der Waals surface area contributed by atoms with E-state index < -0.39 is 0 Å². The Balaban J connectivity index is 2.00. The Morgan fingerprint density at radius 3 is 2.60 bits per heavy atom. The van der Waals surface area contributed by atoms with Crippen LogP contribution in [0.15, 0.2) is 48.7 Å². The minimum absolute atomic E-state index is 0.588. The van der Waals surface area contributed by atoms with Gasteiger partial charge in [-0.25, -0.2) is 0 Å². The van der Waals surface area contributed by atoms with Gasteiger partial charge in [-0.1, -0.05) is 30.3 Å². The number of aryl methyl sites for hydroxylation is 2. The highest BCUT2D eigenvalue weighted by atomic mass is 14.9. The number of hydrogen-bond donors (Lipinski definition) is 1. The van der Waals surface area contributed by atoms with Gasteiger partial charge >= 0.3 is 0 Å². The van der Waals surface area contributed by atoms with Crippen LogP contribution in [0.25, 0.3) is 10.9 Å². The molecule has 1 aromatic heterocycles. The number of benzene rings is 2. The summed E-state index contributed by atoms with van der Waals surface area (Å²) in [4.78, 5) is 0. The largest absolute Gasteiger partial charge is 0.343 e. The smallest absolute Gasteiger partial charge is 0.0486 e. The topological polar surface area (TPSA) is 30.9 Å². The van der Waals surface area contributed by atoms with E-state index in [0.29, 0.717) is 6.54 Å². The van der Waals surface area contributed by atoms with Gasteiger partial charge in [0, 0.05) is 30.2 Å². The van der Waals surface area contributed by atoms with E-state index in [1.165, 1.54) is 33.2 Å². The van der Waals surface area contributed by atoms with Gasteiger partial charge < -0.3 is 10.3 Å². The molecule has 0 saturated heterocycles. The van der Waals surface area contributed by atoms with E-state index in [-0.39, 0.29) is 0 Å². The summed E-state index contributed by atoms with van der Waals surface area (Å²) in [6, 6.07) is 15.2. The highest BCUT2D eigenvalue weighted by molar-refractivity contribution is 5.83. The first-order chi connectivity index (χ1) is 9.69. The average Bonchev–Trinajstić information content (AvgIpc) is 2.86. The quantitative estimate of drug-likeness (QED) is 0.767. The van der Waals surface area contributed by atoms with Crippen molar-refractivity contribution < 1.29 is 0 Å². The lowest BCUT2D eigenvalue weighted by atomic mass is 10.1. The van der Waals surface area contributed by atoms with Crippen molar-refractivity contribution in [2.24, 2.45) is 5.73 Å². The number of nitrogens with two attached hydrogens (primary N) is 1. The van der Waals surface area contributed by atoms with Gasteiger partial charge in [0.15, 0.2) is 0 Å². The Labute approximate surface area is 119 Å². The maximum atomic E-state index is 5.80. The number of rotatable bonds is 3. The SMILES string of the molecule is Cc1ccc(Cn2ccc3c(CN)cccc32)cc1C. The minimum atomic E-state index is 0.588. The molecule has 0 fully saturated rings. The number of fused-ring (bicyclic) bond motifs is 1. The van der Waals surface area contributed by atoms with Gasteiger partial charge in [-0.3, -0.25) is 0 Å². The fourth-order valence-electron chi connectivity index (χ4n) is 2.70. The molecule has 20 heavy (non-hydrogen) atoms. The van der Waals surface area contributed by atoms with Crippen molar-refractivity contribution in [2.45, 2.75) is 26.9 Å². The first-order valence-corrected chi connectivity index (χ1v) is 7.02.